The van der Waals surface area contributed by atoms with Crippen LogP contribution in [0, 0.1) is 0 Å². The Hall–Kier alpha value is -0.670. The van der Waals surface area contributed by atoms with Crippen LogP contribution in [-0.2, 0) is 29.4 Å². The lowest BCUT2D eigenvalue weighted by molar-refractivity contribution is -0.140. The van der Waals surface area contributed by atoms with Crippen LogP contribution in [-0.4, -0.2) is 64.6 Å². The summed E-state index contributed by atoms with van der Waals surface area (Å²) in [5.41, 5.74) is 0. The molecule has 0 aromatic rings. The number of hydrogen-bond donors (Lipinski definition) is 0. The summed E-state index contributed by atoms with van der Waals surface area (Å²) in [6, 6.07) is 0. The number of hydrogen-bond acceptors (Lipinski definition) is 6. The van der Waals surface area contributed by atoms with Crippen molar-refractivity contribution in [1.82, 2.24) is 4.31 Å². The van der Waals surface area contributed by atoms with Crippen molar-refractivity contribution in [1.29, 1.82) is 0 Å². The van der Waals surface area contributed by atoms with Crippen molar-refractivity contribution in [2.75, 3.05) is 32.2 Å². The lowest BCUT2D eigenvalue weighted by Crippen LogP contribution is -2.39. The fraction of sp³-hybridized carbons (Fsp3) is 0.875. The Bertz CT molecular complexity index is 494. The van der Waals surface area contributed by atoms with Gasteiger partial charge in [-0.1, -0.05) is 0 Å². The molecule has 100 valence electrons. The SMILES string of the molecule is COC(=O)CN(C)S(=O)(=O)C1CCS(=O)(=O)C1. The number of nitrogens with zero attached hydrogens (tertiary/aromatic N) is 1. The molecule has 1 unspecified atom stereocenters. The summed E-state index contributed by atoms with van der Waals surface area (Å²) in [7, 11) is -4.64. The van der Waals surface area contributed by atoms with Crippen molar-refractivity contribution in [3.63, 3.8) is 0 Å². The second kappa shape index (κ2) is 4.91. The van der Waals surface area contributed by atoms with E-state index in [-0.39, 0.29) is 17.9 Å². The number of rotatable bonds is 4. The van der Waals surface area contributed by atoms with Gasteiger partial charge >= 0.3 is 5.97 Å². The predicted octanol–water partition coefficient (Wildman–Crippen LogP) is -1.39. The standard InChI is InChI=1S/C8H15NO6S2/c1-9(5-8(10)15-2)17(13,14)7-3-4-16(11,12)6-7/h7H,3-6H2,1-2H3. The van der Waals surface area contributed by atoms with Gasteiger partial charge in [0.25, 0.3) is 0 Å². The van der Waals surface area contributed by atoms with Gasteiger partial charge in [0.2, 0.25) is 10.0 Å². The van der Waals surface area contributed by atoms with E-state index < -0.39 is 37.6 Å². The second-order valence-corrected chi connectivity index (χ2v) is 8.45. The molecule has 1 aliphatic rings. The average Bonchev–Trinajstić information content (AvgIpc) is 2.59. The van der Waals surface area contributed by atoms with Crippen LogP contribution in [0.15, 0.2) is 0 Å². The first kappa shape index (κ1) is 14.4. The lowest BCUT2D eigenvalue weighted by atomic mass is 10.4. The smallest absolute Gasteiger partial charge is 0.320 e. The molecule has 17 heavy (non-hydrogen) atoms. The van der Waals surface area contributed by atoms with Gasteiger partial charge in [0, 0.05) is 7.05 Å². The van der Waals surface area contributed by atoms with Crippen molar-refractivity contribution in [2.24, 2.45) is 0 Å². The van der Waals surface area contributed by atoms with E-state index in [4.69, 9.17) is 0 Å². The van der Waals surface area contributed by atoms with Gasteiger partial charge in [-0.15, -0.1) is 0 Å². The molecule has 1 saturated heterocycles. The lowest BCUT2D eigenvalue weighted by Gasteiger charge is -2.19. The zero-order chi connectivity index (χ0) is 13.3. The maximum Gasteiger partial charge on any atom is 0.320 e. The van der Waals surface area contributed by atoms with Gasteiger partial charge in [-0.25, -0.2) is 16.8 Å². The molecule has 9 heteroatoms. The Morgan fingerprint density at radius 2 is 2.06 bits per heavy atom. The van der Waals surface area contributed by atoms with E-state index in [2.05, 4.69) is 4.74 Å². The summed E-state index contributed by atoms with van der Waals surface area (Å²) >= 11 is 0. The Labute approximate surface area is 101 Å². The molecule has 7 nitrogen and oxygen atoms in total. The fourth-order valence-electron chi connectivity index (χ4n) is 1.59. The summed E-state index contributed by atoms with van der Waals surface area (Å²) in [6.45, 7) is -0.407. The Morgan fingerprint density at radius 3 is 2.47 bits per heavy atom. The third-order valence-corrected chi connectivity index (χ3v) is 6.85. The van der Waals surface area contributed by atoms with Crippen LogP contribution in [0.2, 0.25) is 0 Å². The van der Waals surface area contributed by atoms with Crippen LogP contribution >= 0.6 is 0 Å². The average molecular weight is 285 g/mol. The number of sulfonamides is 1. The van der Waals surface area contributed by atoms with Crippen LogP contribution in [0.25, 0.3) is 0 Å². The largest absolute Gasteiger partial charge is 0.468 e. The maximum atomic E-state index is 11.9. The van der Waals surface area contributed by atoms with Crippen LogP contribution in [0.3, 0.4) is 0 Å². The molecule has 0 saturated carbocycles. The first-order valence-electron chi connectivity index (χ1n) is 4.91. The number of methoxy groups -OCH3 is 1. The minimum atomic E-state index is -3.76. The van der Waals surface area contributed by atoms with Crippen LogP contribution < -0.4 is 0 Å². The molecule has 0 spiro atoms. The third kappa shape index (κ3) is 3.39. The van der Waals surface area contributed by atoms with Gasteiger partial charge in [-0.2, -0.15) is 4.31 Å². The highest BCUT2D eigenvalue weighted by Crippen LogP contribution is 2.21. The highest BCUT2D eigenvalue weighted by atomic mass is 32.2. The number of esters is 1. The van der Waals surface area contributed by atoms with E-state index in [0.717, 1.165) is 11.4 Å². The van der Waals surface area contributed by atoms with Crippen molar-refractivity contribution in [2.45, 2.75) is 11.7 Å². The zero-order valence-corrected chi connectivity index (χ0v) is 11.3. The molecular formula is C8H15NO6S2. The van der Waals surface area contributed by atoms with E-state index in [1.165, 1.54) is 7.05 Å². The molecule has 0 radical (unpaired) electrons. The van der Waals surface area contributed by atoms with Gasteiger partial charge in [0.05, 0.1) is 23.9 Å². The number of likely N-dealkylation sites (N-methyl/N-ethyl adjacent to an activating group) is 1. The van der Waals surface area contributed by atoms with Crippen molar-refractivity contribution in [3.05, 3.63) is 0 Å². The van der Waals surface area contributed by atoms with Crippen molar-refractivity contribution < 1.29 is 26.4 Å². The molecular weight excluding hydrogens is 270 g/mol. The fourth-order valence-corrected chi connectivity index (χ4v) is 5.80. The molecule has 0 aliphatic carbocycles. The second-order valence-electron chi connectivity index (χ2n) is 3.90. The van der Waals surface area contributed by atoms with Crippen LogP contribution in [0.5, 0.6) is 0 Å². The first-order chi connectivity index (χ1) is 7.69. The van der Waals surface area contributed by atoms with Crippen molar-refractivity contribution >= 4 is 25.8 Å². The van der Waals surface area contributed by atoms with Gasteiger partial charge in [-0.05, 0) is 6.42 Å². The van der Waals surface area contributed by atoms with Gasteiger partial charge in [0.1, 0.15) is 6.54 Å². The molecule has 0 amide bonds. The zero-order valence-electron chi connectivity index (χ0n) is 9.62. The molecule has 0 aromatic heterocycles. The van der Waals surface area contributed by atoms with Crippen LogP contribution in [0.1, 0.15) is 6.42 Å². The van der Waals surface area contributed by atoms with Crippen LogP contribution in [0.4, 0.5) is 0 Å². The molecule has 1 rings (SSSR count). The van der Waals surface area contributed by atoms with Crippen molar-refractivity contribution in [3.8, 4) is 0 Å². The topological polar surface area (TPSA) is 97.8 Å². The summed E-state index contributed by atoms with van der Waals surface area (Å²) in [5, 5.41) is -0.956. The molecule has 0 N–H and O–H groups in total. The summed E-state index contributed by atoms with van der Waals surface area (Å²) < 4.78 is 51.5. The van der Waals surface area contributed by atoms with E-state index in [9.17, 15) is 21.6 Å². The highest BCUT2D eigenvalue weighted by molar-refractivity contribution is 7.95. The maximum absolute atomic E-state index is 11.9. The summed E-state index contributed by atoms with van der Waals surface area (Å²) in [5.74, 6) is -1.18. The van der Waals surface area contributed by atoms with Gasteiger partial charge < -0.3 is 4.74 Å². The van der Waals surface area contributed by atoms with Gasteiger partial charge in [-0.3, -0.25) is 4.79 Å². The van der Waals surface area contributed by atoms with E-state index in [1.807, 2.05) is 0 Å². The van der Waals surface area contributed by atoms with E-state index >= 15 is 0 Å². The molecule has 1 aliphatic heterocycles. The summed E-state index contributed by atoms with van der Waals surface area (Å²) in [4.78, 5) is 11.0. The number of carbonyl (C=O) groups is 1. The first-order valence-corrected chi connectivity index (χ1v) is 8.24. The minimum Gasteiger partial charge on any atom is -0.468 e. The number of sulfone groups is 1. The quantitative estimate of drug-likeness (QED) is 0.590. The molecule has 0 aromatic carbocycles. The third-order valence-electron chi connectivity index (χ3n) is 2.63. The number of ether oxygens (including phenoxy) is 1. The highest BCUT2D eigenvalue weighted by Gasteiger charge is 2.39. The molecule has 0 bridgehead atoms. The van der Waals surface area contributed by atoms with Gasteiger partial charge in [0.15, 0.2) is 9.84 Å². The summed E-state index contributed by atoms with van der Waals surface area (Å²) in [6.07, 6.45) is 0.0795. The Kier molecular flexibility index (Phi) is 4.15. The minimum absolute atomic E-state index is 0.0795. The Morgan fingerprint density at radius 1 is 1.47 bits per heavy atom. The molecule has 1 heterocycles. The number of carbonyl (C=O) groups excluding carboxylic acids is 1. The molecule has 1 fully saturated rings. The predicted molar refractivity (Wildman–Crippen MR) is 60.6 cm³/mol. The van der Waals surface area contributed by atoms with E-state index in [0.29, 0.717) is 0 Å². The molecule has 1 atom stereocenters. The Balaban J connectivity index is 2.79. The van der Waals surface area contributed by atoms with E-state index in [1.54, 1.807) is 0 Å². The monoisotopic (exact) mass is 285 g/mol. The normalized spacial score (nSPS) is 23.8.